The van der Waals surface area contributed by atoms with Crippen LogP contribution in [0.25, 0.3) is 0 Å². The minimum absolute atomic E-state index is 0.0848. The molecular formula is C23H28FN5O2S. The molecule has 2 aromatic heterocycles. The summed E-state index contributed by atoms with van der Waals surface area (Å²) >= 11 is 0. The largest absolute Gasteiger partial charge is 0.336 e. The maximum absolute atomic E-state index is 14.3. The normalized spacial score (nSPS) is 19.3. The van der Waals surface area contributed by atoms with E-state index >= 15 is 0 Å². The lowest BCUT2D eigenvalue weighted by atomic mass is 9.86. The summed E-state index contributed by atoms with van der Waals surface area (Å²) in [5.41, 5.74) is 3.62. The third kappa shape index (κ3) is 4.83. The first-order chi connectivity index (χ1) is 15.0. The van der Waals surface area contributed by atoms with Crippen molar-refractivity contribution in [2.45, 2.75) is 62.2 Å². The van der Waals surface area contributed by atoms with Crippen LogP contribution in [-0.2, 0) is 15.4 Å². The van der Waals surface area contributed by atoms with Gasteiger partial charge in [-0.1, -0.05) is 20.8 Å². The monoisotopic (exact) mass is 457 g/mol. The van der Waals surface area contributed by atoms with Gasteiger partial charge in [0.25, 0.3) is 0 Å². The van der Waals surface area contributed by atoms with Crippen LogP contribution in [0, 0.1) is 5.82 Å². The number of anilines is 2. The third-order valence-corrected chi connectivity index (χ3v) is 6.98. The molecule has 9 heteroatoms. The van der Waals surface area contributed by atoms with Gasteiger partial charge in [-0.15, -0.1) is 0 Å². The molecule has 2 unspecified atom stereocenters. The standard InChI is InChI=1S/C23H28FN5O2S/c1-23(2,3)16-8-9-26-20(11-16)14-4-5-15(10-14)21-13-22(29-28-21)27-19-7-6-17(12-18(19)24)32(25,30)31/h6-9,11-15H,4-5,10H2,1-3H3,(H2,25,30,31)(H2,27,28,29). The number of pyridine rings is 1. The second-order valence-corrected chi connectivity index (χ2v) is 11.0. The summed E-state index contributed by atoms with van der Waals surface area (Å²) in [6, 6.07) is 9.67. The van der Waals surface area contributed by atoms with Crippen molar-refractivity contribution in [2.75, 3.05) is 5.32 Å². The van der Waals surface area contributed by atoms with Crippen molar-refractivity contribution in [2.24, 2.45) is 5.14 Å². The Hall–Kier alpha value is -2.78. The highest BCUT2D eigenvalue weighted by Gasteiger charge is 2.30. The van der Waals surface area contributed by atoms with Gasteiger partial charge in [-0.25, -0.2) is 17.9 Å². The van der Waals surface area contributed by atoms with Crippen LogP contribution in [-0.4, -0.2) is 23.6 Å². The highest BCUT2D eigenvalue weighted by atomic mass is 32.2. The predicted molar refractivity (Wildman–Crippen MR) is 122 cm³/mol. The van der Waals surface area contributed by atoms with E-state index in [0.29, 0.717) is 17.7 Å². The molecule has 0 bridgehead atoms. The average molecular weight is 458 g/mol. The van der Waals surface area contributed by atoms with Crippen molar-refractivity contribution >= 4 is 21.5 Å². The van der Waals surface area contributed by atoms with Crippen LogP contribution in [0.5, 0.6) is 0 Å². The van der Waals surface area contributed by atoms with E-state index in [9.17, 15) is 12.8 Å². The van der Waals surface area contributed by atoms with Crippen LogP contribution in [0.2, 0.25) is 0 Å². The van der Waals surface area contributed by atoms with Crippen LogP contribution in [0.3, 0.4) is 0 Å². The number of sulfonamides is 1. The SMILES string of the molecule is CC(C)(C)c1ccnc(C2CCC(c3cc(Nc4ccc(S(N)(=O)=O)cc4F)n[nH]3)C2)c1. The molecule has 1 fully saturated rings. The third-order valence-electron chi connectivity index (χ3n) is 6.07. The number of primary sulfonamides is 1. The molecule has 170 valence electrons. The molecule has 4 rings (SSSR count). The molecule has 1 saturated carbocycles. The molecular weight excluding hydrogens is 429 g/mol. The maximum atomic E-state index is 14.3. The lowest BCUT2D eigenvalue weighted by Gasteiger charge is -2.20. The fraction of sp³-hybridized carbons (Fsp3) is 0.391. The first-order valence-corrected chi connectivity index (χ1v) is 12.2. The number of hydrogen-bond donors (Lipinski definition) is 3. The van der Waals surface area contributed by atoms with E-state index in [-0.39, 0.29) is 16.0 Å². The van der Waals surface area contributed by atoms with Crippen molar-refractivity contribution in [3.05, 3.63) is 65.4 Å². The molecule has 2 heterocycles. The molecule has 2 atom stereocenters. The minimum Gasteiger partial charge on any atom is -0.336 e. The number of hydrogen-bond acceptors (Lipinski definition) is 5. The topological polar surface area (TPSA) is 114 Å². The van der Waals surface area contributed by atoms with Gasteiger partial charge in [0, 0.05) is 35.5 Å². The molecule has 1 aliphatic rings. The Kier molecular flexibility index (Phi) is 5.81. The molecule has 0 radical (unpaired) electrons. The zero-order valence-electron chi connectivity index (χ0n) is 18.4. The van der Waals surface area contributed by atoms with Crippen molar-refractivity contribution in [3.8, 4) is 0 Å². The predicted octanol–water partition coefficient (Wildman–Crippen LogP) is 4.68. The van der Waals surface area contributed by atoms with Crippen molar-refractivity contribution in [1.29, 1.82) is 0 Å². The Morgan fingerprint density at radius 1 is 1.12 bits per heavy atom. The van der Waals surface area contributed by atoms with Crippen molar-refractivity contribution < 1.29 is 12.8 Å². The number of nitrogens with one attached hydrogen (secondary N) is 2. The van der Waals surface area contributed by atoms with Crippen LogP contribution >= 0.6 is 0 Å². The zero-order chi connectivity index (χ0) is 23.1. The summed E-state index contributed by atoms with van der Waals surface area (Å²) in [4.78, 5) is 4.35. The number of benzene rings is 1. The highest BCUT2D eigenvalue weighted by Crippen LogP contribution is 2.43. The number of H-pyrrole nitrogens is 1. The molecule has 7 nitrogen and oxygen atoms in total. The summed E-state index contributed by atoms with van der Waals surface area (Å²) in [7, 11) is -3.96. The Bertz CT molecular complexity index is 1230. The number of nitrogens with two attached hydrogens (primary N) is 1. The fourth-order valence-corrected chi connectivity index (χ4v) is 4.72. The first kappa shape index (κ1) is 22.4. The Balaban J connectivity index is 1.45. The summed E-state index contributed by atoms with van der Waals surface area (Å²) in [5.74, 6) is 0.466. The number of halogens is 1. The lowest BCUT2D eigenvalue weighted by molar-refractivity contribution is 0.583. The van der Waals surface area contributed by atoms with Gasteiger partial charge >= 0.3 is 0 Å². The van der Waals surface area contributed by atoms with Crippen molar-refractivity contribution in [3.63, 3.8) is 0 Å². The van der Waals surface area contributed by atoms with E-state index in [0.717, 1.165) is 36.7 Å². The van der Waals surface area contributed by atoms with E-state index in [4.69, 9.17) is 5.14 Å². The second-order valence-electron chi connectivity index (χ2n) is 9.45. The van der Waals surface area contributed by atoms with Gasteiger partial charge in [-0.3, -0.25) is 10.1 Å². The molecule has 4 N–H and O–H groups in total. The van der Waals surface area contributed by atoms with Crippen LogP contribution in [0.15, 0.2) is 47.5 Å². The molecule has 32 heavy (non-hydrogen) atoms. The number of rotatable bonds is 5. The quantitative estimate of drug-likeness (QED) is 0.515. The van der Waals surface area contributed by atoms with Gasteiger partial charge in [0.2, 0.25) is 10.0 Å². The van der Waals surface area contributed by atoms with Gasteiger partial charge in [0.1, 0.15) is 5.82 Å². The highest BCUT2D eigenvalue weighted by molar-refractivity contribution is 7.89. The molecule has 1 aromatic carbocycles. The van der Waals surface area contributed by atoms with E-state index < -0.39 is 15.8 Å². The van der Waals surface area contributed by atoms with E-state index in [1.165, 1.54) is 17.7 Å². The molecule has 0 spiro atoms. The van der Waals surface area contributed by atoms with Crippen LogP contribution in [0.1, 0.15) is 68.8 Å². The van der Waals surface area contributed by atoms with E-state index in [1.807, 2.05) is 12.3 Å². The Morgan fingerprint density at radius 2 is 1.88 bits per heavy atom. The molecule has 0 aliphatic heterocycles. The fourth-order valence-electron chi connectivity index (χ4n) is 4.19. The Labute approximate surface area is 187 Å². The number of nitrogens with zero attached hydrogens (tertiary/aromatic N) is 2. The van der Waals surface area contributed by atoms with Crippen molar-refractivity contribution in [1.82, 2.24) is 15.2 Å². The van der Waals surface area contributed by atoms with Gasteiger partial charge in [0.05, 0.1) is 10.6 Å². The summed E-state index contributed by atoms with van der Waals surface area (Å²) in [6.45, 7) is 6.61. The van der Waals surface area contributed by atoms with E-state index in [1.54, 1.807) is 0 Å². The van der Waals surface area contributed by atoms with Gasteiger partial charge < -0.3 is 5.32 Å². The molecule has 3 aromatic rings. The number of aromatic amines is 1. The summed E-state index contributed by atoms with van der Waals surface area (Å²) in [6.07, 6.45) is 4.94. The molecule has 0 saturated heterocycles. The second kappa shape index (κ2) is 8.29. The van der Waals surface area contributed by atoms with Gasteiger partial charge in [0.15, 0.2) is 5.82 Å². The van der Waals surface area contributed by atoms with Gasteiger partial charge in [-0.05, 0) is 60.6 Å². The maximum Gasteiger partial charge on any atom is 0.238 e. The molecule has 1 aliphatic carbocycles. The lowest BCUT2D eigenvalue weighted by Crippen LogP contribution is -2.12. The summed E-state index contributed by atoms with van der Waals surface area (Å²) in [5, 5.41) is 15.3. The van der Waals surface area contributed by atoms with Gasteiger partial charge in [-0.2, -0.15) is 5.10 Å². The average Bonchev–Trinajstić information content (AvgIpc) is 3.38. The van der Waals surface area contributed by atoms with Crippen LogP contribution < -0.4 is 10.5 Å². The van der Waals surface area contributed by atoms with E-state index in [2.05, 4.69) is 53.4 Å². The Morgan fingerprint density at radius 3 is 2.56 bits per heavy atom. The van der Waals surface area contributed by atoms with Crippen LogP contribution in [0.4, 0.5) is 15.9 Å². The number of aromatic nitrogens is 3. The smallest absolute Gasteiger partial charge is 0.238 e. The summed E-state index contributed by atoms with van der Waals surface area (Å²) < 4.78 is 37.0. The first-order valence-electron chi connectivity index (χ1n) is 10.6. The molecule has 0 amide bonds. The minimum atomic E-state index is -3.96. The zero-order valence-corrected chi connectivity index (χ0v) is 19.2.